The van der Waals surface area contributed by atoms with Crippen LogP contribution in [0.3, 0.4) is 0 Å². The molecule has 2 rings (SSSR count). The predicted octanol–water partition coefficient (Wildman–Crippen LogP) is 0.781. The summed E-state index contributed by atoms with van der Waals surface area (Å²) < 4.78 is 10.8. The van der Waals surface area contributed by atoms with Crippen molar-refractivity contribution in [3.05, 3.63) is 0 Å². The average Bonchev–Trinajstić information content (AvgIpc) is 2.92. The van der Waals surface area contributed by atoms with Crippen molar-refractivity contribution in [3.8, 4) is 0 Å². The zero-order valence-electron chi connectivity index (χ0n) is 12.1. The summed E-state index contributed by atoms with van der Waals surface area (Å²) in [6, 6.07) is 0.235. The normalized spacial score (nSPS) is 29.5. The number of nitrogens with one attached hydrogen (secondary N) is 1. The SMILES string of the molecule is CCC(NC1CCCC1OC)C(=O)N1CCOCC1. The second-order valence-corrected chi connectivity index (χ2v) is 5.38. The standard InChI is InChI=1S/C14H26N2O3/c1-3-11(14(17)16-7-9-19-10-8-16)15-12-5-4-6-13(12)18-2/h11-13,15H,3-10H2,1-2H3. The van der Waals surface area contributed by atoms with Gasteiger partial charge in [-0.05, 0) is 25.7 Å². The molecule has 1 saturated carbocycles. The smallest absolute Gasteiger partial charge is 0.239 e. The maximum Gasteiger partial charge on any atom is 0.239 e. The van der Waals surface area contributed by atoms with E-state index < -0.39 is 0 Å². The van der Waals surface area contributed by atoms with Gasteiger partial charge < -0.3 is 19.7 Å². The molecule has 5 heteroatoms. The predicted molar refractivity (Wildman–Crippen MR) is 73.0 cm³/mol. The first-order chi connectivity index (χ1) is 9.26. The number of carbonyl (C=O) groups is 1. The molecule has 1 aliphatic carbocycles. The largest absolute Gasteiger partial charge is 0.380 e. The number of hydrogen-bond donors (Lipinski definition) is 1. The van der Waals surface area contributed by atoms with E-state index in [4.69, 9.17) is 9.47 Å². The number of ether oxygens (including phenoxy) is 2. The summed E-state index contributed by atoms with van der Waals surface area (Å²) in [7, 11) is 1.76. The Labute approximate surface area is 115 Å². The number of hydrogen-bond acceptors (Lipinski definition) is 4. The van der Waals surface area contributed by atoms with Gasteiger partial charge in [-0.15, -0.1) is 0 Å². The van der Waals surface area contributed by atoms with E-state index in [9.17, 15) is 4.79 Å². The van der Waals surface area contributed by atoms with Gasteiger partial charge in [-0.2, -0.15) is 0 Å². The van der Waals surface area contributed by atoms with Crippen LogP contribution in [-0.2, 0) is 14.3 Å². The van der Waals surface area contributed by atoms with Crippen molar-refractivity contribution in [1.82, 2.24) is 10.2 Å². The van der Waals surface area contributed by atoms with Gasteiger partial charge in [0.25, 0.3) is 0 Å². The molecule has 0 aromatic heterocycles. The van der Waals surface area contributed by atoms with E-state index in [2.05, 4.69) is 12.2 Å². The van der Waals surface area contributed by atoms with Crippen LogP contribution in [0, 0.1) is 0 Å². The monoisotopic (exact) mass is 270 g/mol. The van der Waals surface area contributed by atoms with E-state index in [-0.39, 0.29) is 18.1 Å². The summed E-state index contributed by atoms with van der Waals surface area (Å²) in [6.45, 7) is 4.82. The van der Waals surface area contributed by atoms with Crippen LogP contribution in [0.15, 0.2) is 0 Å². The molecule has 3 unspecified atom stereocenters. The highest BCUT2D eigenvalue weighted by Crippen LogP contribution is 2.22. The summed E-state index contributed by atoms with van der Waals surface area (Å²) in [5.41, 5.74) is 0. The van der Waals surface area contributed by atoms with Gasteiger partial charge in [-0.1, -0.05) is 6.92 Å². The lowest BCUT2D eigenvalue weighted by atomic mass is 10.1. The summed E-state index contributed by atoms with van der Waals surface area (Å²) in [6.07, 6.45) is 4.45. The first-order valence-corrected chi connectivity index (χ1v) is 7.41. The molecular formula is C14H26N2O3. The number of amides is 1. The van der Waals surface area contributed by atoms with Crippen molar-refractivity contribution in [1.29, 1.82) is 0 Å². The lowest BCUT2D eigenvalue weighted by molar-refractivity contribution is -0.138. The molecule has 1 aliphatic heterocycles. The molecule has 0 bridgehead atoms. The number of carbonyl (C=O) groups excluding carboxylic acids is 1. The topological polar surface area (TPSA) is 50.8 Å². The van der Waals surface area contributed by atoms with Crippen molar-refractivity contribution < 1.29 is 14.3 Å². The second-order valence-electron chi connectivity index (χ2n) is 5.38. The fraction of sp³-hybridized carbons (Fsp3) is 0.929. The third-order valence-corrected chi connectivity index (χ3v) is 4.20. The van der Waals surface area contributed by atoms with Crippen LogP contribution in [0.1, 0.15) is 32.6 Å². The minimum Gasteiger partial charge on any atom is -0.380 e. The Bertz CT molecular complexity index is 292. The van der Waals surface area contributed by atoms with Crippen molar-refractivity contribution >= 4 is 5.91 Å². The van der Waals surface area contributed by atoms with Gasteiger partial charge in [-0.25, -0.2) is 0 Å². The third-order valence-electron chi connectivity index (χ3n) is 4.20. The van der Waals surface area contributed by atoms with E-state index in [0.29, 0.717) is 19.3 Å². The van der Waals surface area contributed by atoms with Crippen LogP contribution in [-0.4, -0.2) is 62.4 Å². The number of morpholine rings is 1. The Morgan fingerprint density at radius 2 is 2.16 bits per heavy atom. The molecule has 0 aromatic carbocycles. The van der Waals surface area contributed by atoms with E-state index in [0.717, 1.165) is 32.4 Å². The third kappa shape index (κ3) is 3.68. The lowest BCUT2D eigenvalue weighted by Gasteiger charge is -2.32. The maximum absolute atomic E-state index is 12.5. The minimum atomic E-state index is -0.0844. The van der Waals surface area contributed by atoms with Gasteiger partial charge >= 0.3 is 0 Å². The minimum absolute atomic E-state index is 0.0844. The Morgan fingerprint density at radius 1 is 1.42 bits per heavy atom. The molecule has 1 saturated heterocycles. The van der Waals surface area contributed by atoms with E-state index in [1.54, 1.807) is 7.11 Å². The van der Waals surface area contributed by atoms with Gasteiger partial charge in [0, 0.05) is 26.2 Å². The van der Waals surface area contributed by atoms with Crippen LogP contribution in [0.4, 0.5) is 0 Å². The lowest BCUT2D eigenvalue weighted by Crippen LogP contribution is -2.53. The molecule has 5 nitrogen and oxygen atoms in total. The van der Waals surface area contributed by atoms with Crippen molar-refractivity contribution in [2.75, 3.05) is 33.4 Å². The summed E-state index contributed by atoms with van der Waals surface area (Å²) in [5.74, 6) is 0.215. The van der Waals surface area contributed by atoms with Crippen molar-refractivity contribution in [3.63, 3.8) is 0 Å². The number of methoxy groups -OCH3 is 1. The first-order valence-electron chi connectivity index (χ1n) is 7.41. The van der Waals surface area contributed by atoms with Crippen molar-refractivity contribution in [2.24, 2.45) is 0 Å². The van der Waals surface area contributed by atoms with Gasteiger partial charge in [0.1, 0.15) is 0 Å². The van der Waals surface area contributed by atoms with E-state index in [1.165, 1.54) is 6.42 Å². The van der Waals surface area contributed by atoms with Gasteiger partial charge in [0.15, 0.2) is 0 Å². The summed E-state index contributed by atoms with van der Waals surface area (Å²) in [4.78, 5) is 14.4. The van der Waals surface area contributed by atoms with E-state index in [1.807, 2.05) is 4.90 Å². The maximum atomic E-state index is 12.5. The molecule has 1 heterocycles. The molecule has 0 aromatic rings. The average molecular weight is 270 g/mol. The highest BCUT2D eigenvalue weighted by molar-refractivity contribution is 5.82. The highest BCUT2D eigenvalue weighted by Gasteiger charge is 2.32. The number of nitrogens with zero attached hydrogens (tertiary/aromatic N) is 1. The summed E-state index contributed by atoms with van der Waals surface area (Å²) in [5, 5.41) is 3.51. The first kappa shape index (κ1) is 14.8. The molecule has 1 amide bonds. The molecule has 0 spiro atoms. The molecule has 2 fully saturated rings. The van der Waals surface area contributed by atoms with Crippen LogP contribution < -0.4 is 5.32 Å². The molecule has 1 N–H and O–H groups in total. The highest BCUT2D eigenvalue weighted by atomic mass is 16.5. The Kier molecular flexibility index (Phi) is 5.60. The van der Waals surface area contributed by atoms with Gasteiger partial charge in [-0.3, -0.25) is 4.79 Å². The Morgan fingerprint density at radius 3 is 2.79 bits per heavy atom. The zero-order chi connectivity index (χ0) is 13.7. The second kappa shape index (κ2) is 7.22. The molecule has 0 radical (unpaired) electrons. The quantitative estimate of drug-likeness (QED) is 0.802. The zero-order valence-corrected chi connectivity index (χ0v) is 12.1. The van der Waals surface area contributed by atoms with Crippen molar-refractivity contribution in [2.45, 2.75) is 50.8 Å². The fourth-order valence-corrected chi connectivity index (χ4v) is 3.03. The van der Waals surface area contributed by atoms with Crippen LogP contribution in [0.2, 0.25) is 0 Å². The van der Waals surface area contributed by atoms with Crippen LogP contribution in [0.5, 0.6) is 0 Å². The molecule has 3 atom stereocenters. The molecule has 19 heavy (non-hydrogen) atoms. The molecule has 2 aliphatic rings. The van der Waals surface area contributed by atoms with Crippen LogP contribution >= 0.6 is 0 Å². The van der Waals surface area contributed by atoms with Gasteiger partial charge in [0.2, 0.25) is 5.91 Å². The molecular weight excluding hydrogens is 244 g/mol. The Balaban J connectivity index is 1.89. The summed E-state index contributed by atoms with van der Waals surface area (Å²) >= 11 is 0. The Hall–Kier alpha value is -0.650. The molecule has 110 valence electrons. The van der Waals surface area contributed by atoms with E-state index >= 15 is 0 Å². The number of rotatable bonds is 5. The van der Waals surface area contributed by atoms with Gasteiger partial charge in [0.05, 0.1) is 25.4 Å². The fourth-order valence-electron chi connectivity index (χ4n) is 3.03. The van der Waals surface area contributed by atoms with Crippen LogP contribution in [0.25, 0.3) is 0 Å².